The molecule has 2 rings (SSSR count). The van der Waals surface area contributed by atoms with Crippen molar-refractivity contribution in [2.24, 2.45) is 10.3 Å². The van der Waals surface area contributed by atoms with E-state index in [4.69, 9.17) is 0 Å². The number of nitrogens with one attached hydrogen (secondary N) is 1. The van der Waals surface area contributed by atoms with Gasteiger partial charge in [-0.2, -0.15) is 0 Å². The molecule has 0 aliphatic heterocycles. The fraction of sp³-hybridized carbons (Fsp3) is 0.133. The zero-order valence-electron chi connectivity index (χ0n) is 11.4. The monoisotopic (exact) mass is 268 g/mol. The summed E-state index contributed by atoms with van der Waals surface area (Å²) in [4.78, 5) is 10.9. The summed E-state index contributed by atoms with van der Waals surface area (Å²) in [6.45, 7) is 1.47. The summed E-state index contributed by atoms with van der Waals surface area (Å²) in [5.74, 6) is -0.0943. The van der Waals surface area contributed by atoms with Gasteiger partial charge in [0.25, 0.3) is 0 Å². The second-order valence-corrected chi connectivity index (χ2v) is 4.28. The summed E-state index contributed by atoms with van der Waals surface area (Å²) in [5, 5.41) is 12.7. The summed E-state index contributed by atoms with van der Waals surface area (Å²) in [5.41, 5.74) is 2.43. The molecule has 0 atom stereocenters. The molecular formula is C15H16N4O. The fourth-order valence-electron chi connectivity index (χ4n) is 1.63. The summed E-state index contributed by atoms with van der Waals surface area (Å²) < 4.78 is 0. The molecule has 1 N–H and O–H groups in total. The Hall–Kier alpha value is -2.69. The van der Waals surface area contributed by atoms with E-state index in [2.05, 4.69) is 15.7 Å². The fourth-order valence-corrected chi connectivity index (χ4v) is 1.63. The zero-order chi connectivity index (χ0) is 14.4. The van der Waals surface area contributed by atoms with Crippen LogP contribution in [0.1, 0.15) is 6.92 Å². The molecule has 0 spiro atoms. The Balaban J connectivity index is 2.02. The van der Waals surface area contributed by atoms with Gasteiger partial charge < -0.3 is 5.32 Å². The van der Waals surface area contributed by atoms with Crippen molar-refractivity contribution in [2.45, 2.75) is 6.92 Å². The summed E-state index contributed by atoms with van der Waals surface area (Å²) >= 11 is 0. The number of anilines is 2. The van der Waals surface area contributed by atoms with Crippen molar-refractivity contribution in [1.29, 1.82) is 0 Å². The quantitative estimate of drug-likeness (QED) is 0.677. The second kappa shape index (κ2) is 6.47. The van der Waals surface area contributed by atoms with Gasteiger partial charge in [-0.05, 0) is 36.4 Å². The van der Waals surface area contributed by atoms with Gasteiger partial charge in [0.2, 0.25) is 5.91 Å². The van der Waals surface area contributed by atoms with E-state index in [1.54, 1.807) is 29.3 Å². The lowest BCUT2D eigenvalue weighted by Gasteiger charge is -2.10. The molecule has 0 aliphatic carbocycles. The number of benzene rings is 2. The molecule has 0 heterocycles. The number of hydrogen-bond donors (Lipinski definition) is 1. The van der Waals surface area contributed by atoms with Gasteiger partial charge in [-0.1, -0.05) is 23.4 Å². The van der Waals surface area contributed by atoms with E-state index in [1.807, 2.05) is 37.4 Å². The van der Waals surface area contributed by atoms with E-state index in [1.165, 1.54) is 6.92 Å². The molecule has 5 nitrogen and oxygen atoms in total. The van der Waals surface area contributed by atoms with Gasteiger partial charge in [-0.25, -0.2) is 5.01 Å². The van der Waals surface area contributed by atoms with Crippen LogP contribution in [0.15, 0.2) is 64.9 Å². The van der Waals surface area contributed by atoms with Gasteiger partial charge >= 0.3 is 0 Å². The summed E-state index contributed by atoms with van der Waals surface area (Å²) in [7, 11) is 1.84. The van der Waals surface area contributed by atoms with E-state index in [0.717, 1.165) is 17.1 Å². The molecule has 0 aromatic heterocycles. The summed E-state index contributed by atoms with van der Waals surface area (Å²) in [6.07, 6.45) is 0. The van der Waals surface area contributed by atoms with Crippen LogP contribution in [0, 0.1) is 0 Å². The molecule has 20 heavy (non-hydrogen) atoms. The molecule has 1 amide bonds. The normalized spacial score (nSPS) is 10.5. The summed E-state index contributed by atoms with van der Waals surface area (Å²) in [6, 6.07) is 16.9. The molecule has 102 valence electrons. The van der Waals surface area contributed by atoms with Crippen LogP contribution in [0.2, 0.25) is 0 Å². The third-order valence-electron chi connectivity index (χ3n) is 2.61. The lowest BCUT2D eigenvalue weighted by molar-refractivity contribution is -0.114. The van der Waals surface area contributed by atoms with Crippen molar-refractivity contribution >= 4 is 23.0 Å². The van der Waals surface area contributed by atoms with Crippen molar-refractivity contribution in [3.8, 4) is 0 Å². The minimum atomic E-state index is -0.0943. The van der Waals surface area contributed by atoms with E-state index in [-0.39, 0.29) is 5.91 Å². The number of amides is 1. The van der Waals surface area contributed by atoms with Gasteiger partial charge in [0.05, 0.1) is 11.4 Å². The molecule has 2 aromatic carbocycles. The smallest absolute Gasteiger partial charge is 0.221 e. The average molecular weight is 268 g/mol. The number of para-hydroxylation sites is 1. The molecule has 5 heteroatoms. The number of carbonyl (C=O) groups excluding carboxylic acids is 1. The topological polar surface area (TPSA) is 57.1 Å². The van der Waals surface area contributed by atoms with Crippen LogP contribution in [-0.4, -0.2) is 13.0 Å². The Labute approximate surface area is 117 Å². The van der Waals surface area contributed by atoms with Crippen molar-refractivity contribution in [2.75, 3.05) is 17.4 Å². The van der Waals surface area contributed by atoms with Crippen molar-refractivity contribution < 1.29 is 4.79 Å². The molecule has 0 aliphatic rings. The van der Waals surface area contributed by atoms with Crippen LogP contribution in [0.3, 0.4) is 0 Å². The van der Waals surface area contributed by atoms with Crippen LogP contribution in [-0.2, 0) is 4.79 Å². The van der Waals surface area contributed by atoms with Gasteiger partial charge in [0.1, 0.15) is 0 Å². The van der Waals surface area contributed by atoms with Gasteiger partial charge in [0, 0.05) is 19.7 Å². The van der Waals surface area contributed by atoms with Crippen LogP contribution in [0.5, 0.6) is 0 Å². The Morgan fingerprint density at radius 1 is 1.05 bits per heavy atom. The molecule has 0 saturated heterocycles. The van der Waals surface area contributed by atoms with Gasteiger partial charge in [-0.15, -0.1) is 5.11 Å². The van der Waals surface area contributed by atoms with E-state index < -0.39 is 0 Å². The predicted octanol–water partition coefficient (Wildman–Crippen LogP) is 3.78. The minimum Gasteiger partial charge on any atom is -0.326 e. The molecule has 0 unspecified atom stereocenters. The molecule has 0 fully saturated rings. The maximum absolute atomic E-state index is 10.9. The lowest BCUT2D eigenvalue weighted by atomic mass is 10.3. The Kier molecular flexibility index (Phi) is 4.44. The highest BCUT2D eigenvalue weighted by atomic mass is 16.1. The van der Waals surface area contributed by atoms with Crippen molar-refractivity contribution in [3.05, 3.63) is 54.6 Å². The first kappa shape index (κ1) is 13.7. The van der Waals surface area contributed by atoms with Crippen LogP contribution < -0.4 is 10.3 Å². The van der Waals surface area contributed by atoms with E-state index in [0.29, 0.717) is 0 Å². The first-order chi connectivity index (χ1) is 9.65. The maximum Gasteiger partial charge on any atom is 0.221 e. The molecule has 0 bridgehead atoms. The lowest BCUT2D eigenvalue weighted by Crippen LogP contribution is -2.06. The van der Waals surface area contributed by atoms with Crippen LogP contribution >= 0.6 is 0 Å². The Morgan fingerprint density at radius 2 is 1.70 bits per heavy atom. The Morgan fingerprint density at radius 3 is 2.30 bits per heavy atom. The predicted molar refractivity (Wildman–Crippen MR) is 80.1 cm³/mol. The van der Waals surface area contributed by atoms with Crippen LogP contribution in [0.25, 0.3) is 0 Å². The largest absolute Gasteiger partial charge is 0.326 e. The van der Waals surface area contributed by atoms with Gasteiger partial charge in [-0.3, -0.25) is 4.79 Å². The van der Waals surface area contributed by atoms with E-state index in [9.17, 15) is 4.79 Å². The van der Waals surface area contributed by atoms with Gasteiger partial charge in [0.15, 0.2) is 0 Å². The van der Waals surface area contributed by atoms with E-state index >= 15 is 0 Å². The highest BCUT2D eigenvalue weighted by Gasteiger charge is 1.98. The standard InChI is InChI=1S/C15H16N4O/c1-12(20)16-13-8-10-14(11-9-13)17-18-19(2)15-6-4-3-5-7-15/h3-11H,1-2H3,(H,16,20). The zero-order valence-corrected chi connectivity index (χ0v) is 11.4. The average Bonchev–Trinajstić information content (AvgIpc) is 2.46. The van der Waals surface area contributed by atoms with Crippen molar-refractivity contribution in [3.63, 3.8) is 0 Å². The van der Waals surface area contributed by atoms with Crippen molar-refractivity contribution in [1.82, 2.24) is 0 Å². The number of hydrogen-bond acceptors (Lipinski definition) is 3. The highest BCUT2D eigenvalue weighted by Crippen LogP contribution is 2.18. The third-order valence-corrected chi connectivity index (χ3v) is 2.61. The number of nitrogens with zero attached hydrogens (tertiary/aromatic N) is 3. The Bertz CT molecular complexity index is 593. The minimum absolute atomic E-state index is 0.0943. The molecule has 2 aromatic rings. The molecule has 0 saturated carbocycles. The molecule has 0 radical (unpaired) electrons. The first-order valence-electron chi connectivity index (χ1n) is 6.23. The SMILES string of the molecule is CC(=O)Nc1ccc(N=NN(C)c2ccccc2)cc1. The van der Waals surface area contributed by atoms with Crippen LogP contribution in [0.4, 0.5) is 17.1 Å². The first-order valence-corrected chi connectivity index (χ1v) is 6.23. The number of rotatable bonds is 4. The molecular weight excluding hydrogens is 252 g/mol. The number of carbonyl (C=O) groups is 1. The maximum atomic E-state index is 10.9. The second-order valence-electron chi connectivity index (χ2n) is 4.28. The third kappa shape index (κ3) is 3.91. The highest BCUT2D eigenvalue weighted by molar-refractivity contribution is 5.88.